The summed E-state index contributed by atoms with van der Waals surface area (Å²) in [5.74, 6) is 0.134. The van der Waals surface area contributed by atoms with Crippen LogP contribution in [0.25, 0.3) is 0 Å². The topological polar surface area (TPSA) is 51.8 Å². The highest BCUT2D eigenvalue weighted by molar-refractivity contribution is 5.21. The van der Waals surface area contributed by atoms with E-state index in [2.05, 4.69) is 9.97 Å². The molecule has 3 nitrogen and oxygen atoms in total. The van der Waals surface area contributed by atoms with Crippen molar-refractivity contribution in [3.8, 4) is 0 Å². The number of rotatable bonds is 3. The van der Waals surface area contributed by atoms with Gasteiger partial charge in [-0.05, 0) is 32.6 Å². The first-order valence-corrected chi connectivity index (χ1v) is 5.49. The molecule has 2 N–H and O–H groups in total. The van der Waals surface area contributed by atoms with E-state index in [0.717, 1.165) is 12.8 Å². The second-order valence-electron chi connectivity index (χ2n) is 4.65. The number of hydrogen-bond acceptors (Lipinski definition) is 3. The van der Waals surface area contributed by atoms with Crippen LogP contribution in [0.3, 0.4) is 0 Å². The fourth-order valence-corrected chi connectivity index (χ4v) is 1.72. The van der Waals surface area contributed by atoms with Crippen LogP contribution in [-0.4, -0.2) is 15.5 Å². The minimum atomic E-state index is -4.42. The molecular weight excluding hydrogens is 231 g/mol. The smallest absolute Gasteiger partial charge is 0.325 e. The Kier molecular flexibility index (Phi) is 2.85. The summed E-state index contributed by atoms with van der Waals surface area (Å²) in [7, 11) is 0. The Morgan fingerprint density at radius 1 is 1.41 bits per heavy atom. The molecular formula is C11H14F3N3. The van der Waals surface area contributed by atoms with Crippen LogP contribution in [-0.2, 0) is 12.6 Å². The number of aryl methyl sites for hydroxylation is 2. The van der Waals surface area contributed by atoms with Crippen molar-refractivity contribution in [2.24, 2.45) is 5.73 Å². The second kappa shape index (κ2) is 3.94. The number of aromatic nitrogens is 2. The van der Waals surface area contributed by atoms with E-state index in [4.69, 9.17) is 5.73 Å². The Bertz CT molecular complexity index is 424. The quantitative estimate of drug-likeness (QED) is 0.888. The Morgan fingerprint density at radius 2 is 2.06 bits per heavy atom. The molecule has 0 aromatic carbocycles. The fourth-order valence-electron chi connectivity index (χ4n) is 1.72. The summed E-state index contributed by atoms with van der Waals surface area (Å²) >= 11 is 0. The van der Waals surface area contributed by atoms with Crippen LogP contribution >= 0.6 is 0 Å². The first kappa shape index (κ1) is 12.3. The first-order chi connectivity index (χ1) is 7.80. The number of nitrogens with zero attached hydrogens (tertiary/aromatic N) is 2. The van der Waals surface area contributed by atoms with Gasteiger partial charge in [-0.15, -0.1) is 0 Å². The highest BCUT2D eigenvalue weighted by Crippen LogP contribution is 2.38. The van der Waals surface area contributed by atoms with E-state index >= 15 is 0 Å². The zero-order valence-corrected chi connectivity index (χ0v) is 9.51. The van der Waals surface area contributed by atoms with Crippen LogP contribution in [0, 0.1) is 6.92 Å². The van der Waals surface area contributed by atoms with Gasteiger partial charge in [0.15, 0.2) is 5.69 Å². The van der Waals surface area contributed by atoms with Crippen LogP contribution in [0.4, 0.5) is 13.2 Å². The minimum absolute atomic E-state index is 0.134. The molecule has 94 valence electrons. The lowest BCUT2D eigenvalue weighted by Gasteiger charge is -2.13. The molecule has 0 amide bonds. The van der Waals surface area contributed by atoms with Gasteiger partial charge < -0.3 is 5.73 Å². The van der Waals surface area contributed by atoms with E-state index in [1.165, 1.54) is 13.1 Å². The van der Waals surface area contributed by atoms with Crippen molar-refractivity contribution < 1.29 is 13.2 Å². The third-order valence-electron chi connectivity index (χ3n) is 3.04. The first-order valence-electron chi connectivity index (χ1n) is 5.49. The van der Waals surface area contributed by atoms with Crippen LogP contribution in [0.15, 0.2) is 6.20 Å². The van der Waals surface area contributed by atoms with Crippen molar-refractivity contribution in [1.82, 2.24) is 9.97 Å². The number of alkyl halides is 3. The van der Waals surface area contributed by atoms with Gasteiger partial charge in [0.05, 0.1) is 0 Å². The van der Waals surface area contributed by atoms with Crippen molar-refractivity contribution in [3.05, 3.63) is 23.3 Å². The SMILES string of the molecule is Cc1ncc(CCC2(N)CC2)c(C(F)(F)F)n1. The maximum Gasteiger partial charge on any atom is 0.433 e. The van der Waals surface area contributed by atoms with Crippen molar-refractivity contribution in [2.45, 2.75) is 44.3 Å². The molecule has 1 aromatic heterocycles. The van der Waals surface area contributed by atoms with Crippen molar-refractivity contribution >= 4 is 0 Å². The zero-order chi connectivity index (χ0) is 12.7. The average Bonchev–Trinajstić information content (AvgIpc) is 2.94. The highest BCUT2D eigenvalue weighted by atomic mass is 19.4. The maximum atomic E-state index is 12.7. The lowest BCUT2D eigenvalue weighted by molar-refractivity contribution is -0.142. The van der Waals surface area contributed by atoms with Crippen molar-refractivity contribution in [1.29, 1.82) is 0 Å². The van der Waals surface area contributed by atoms with Gasteiger partial charge in [0.2, 0.25) is 0 Å². The standard InChI is InChI=1S/C11H14F3N3/c1-7-16-6-8(2-3-10(15)4-5-10)9(17-7)11(12,13)14/h6H,2-5,15H2,1H3. The predicted octanol–water partition coefficient (Wildman–Crippen LogP) is 2.23. The molecule has 0 radical (unpaired) electrons. The molecule has 1 saturated carbocycles. The molecule has 0 unspecified atom stereocenters. The summed E-state index contributed by atoms with van der Waals surface area (Å²) < 4.78 is 38.2. The molecule has 1 aliphatic rings. The largest absolute Gasteiger partial charge is 0.433 e. The summed E-state index contributed by atoms with van der Waals surface area (Å²) in [6.45, 7) is 1.45. The van der Waals surface area contributed by atoms with E-state index in [1.54, 1.807) is 0 Å². The monoisotopic (exact) mass is 245 g/mol. The van der Waals surface area contributed by atoms with E-state index in [1.807, 2.05) is 0 Å². The molecule has 6 heteroatoms. The predicted molar refractivity (Wildman–Crippen MR) is 56.2 cm³/mol. The Morgan fingerprint density at radius 3 is 2.59 bits per heavy atom. The Hall–Kier alpha value is -1.17. The number of halogens is 3. The molecule has 0 saturated heterocycles. The zero-order valence-electron chi connectivity index (χ0n) is 9.51. The van der Waals surface area contributed by atoms with E-state index < -0.39 is 11.9 Å². The molecule has 1 aromatic rings. The normalized spacial score (nSPS) is 18.2. The molecule has 0 spiro atoms. The van der Waals surface area contributed by atoms with Gasteiger partial charge in [0.25, 0.3) is 0 Å². The minimum Gasteiger partial charge on any atom is -0.325 e. The molecule has 1 aliphatic carbocycles. The van der Waals surface area contributed by atoms with Gasteiger partial charge >= 0.3 is 6.18 Å². The molecule has 17 heavy (non-hydrogen) atoms. The number of hydrogen-bond donors (Lipinski definition) is 1. The van der Waals surface area contributed by atoms with Gasteiger partial charge in [-0.2, -0.15) is 13.2 Å². The molecule has 0 aliphatic heterocycles. The summed E-state index contributed by atoms with van der Waals surface area (Å²) in [5.41, 5.74) is 4.92. The average molecular weight is 245 g/mol. The summed E-state index contributed by atoms with van der Waals surface area (Å²) in [4.78, 5) is 7.31. The van der Waals surface area contributed by atoms with Gasteiger partial charge in [0.1, 0.15) is 5.82 Å². The summed E-state index contributed by atoms with van der Waals surface area (Å²) in [6, 6.07) is 0. The molecule has 1 heterocycles. The Balaban J connectivity index is 2.20. The van der Waals surface area contributed by atoms with E-state index in [9.17, 15) is 13.2 Å². The van der Waals surface area contributed by atoms with Gasteiger partial charge in [-0.1, -0.05) is 0 Å². The molecule has 0 bridgehead atoms. The van der Waals surface area contributed by atoms with Crippen molar-refractivity contribution in [3.63, 3.8) is 0 Å². The van der Waals surface area contributed by atoms with Gasteiger partial charge in [-0.3, -0.25) is 0 Å². The summed E-state index contributed by atoms with van der Waals surface area (Å²) in [6.07, 6.45) is -0.540. The molecule has 0 atom stereocenters. The van der Waals surface area contributed by atoms with Gasteiger partial charge in [-0.25, -0.2) is 9.97 Å². The van der Waals surface area contributed by atoms with Crippen LogP contribution < -0.4 is 5.73 Å². The summed E-state index contributed by atoms with van der Waals surface area (Å²) in [5, 5.41) is 0. The maximum absolute atomic E-state index is 12.7. The van der Waals surface area contributed by atoms with Crippen molar-refractivity contribution in [2.75, 3.05) is 0 Å². The van der Waals surface area contributed by atoms with E-state index in [-0.39, 0.29) is 23.3 Å². The molecule has 2 rings (SSSR count). The third-order valence-corrected chi connectivity index (χ3v) is 3.04. The lowest BCUT2D eigenvalue weighted by atomic mass is 10.0. The van der Waals surface area contributed by atoms with Crippen LogP contribution in [0.2, 0.25) is 0 Å². The van der Waals surface area contributed by atoms with Gasteiger partial charge in [0, 0.05) is 17.3 Å². The van der Waals surface area contributed by atoms with Crippen LogP contribution in [0.1, 0.15) is 36.3 Å². The number of nitrogens with two attached hydrogens (primary N) is 1. The second-order valence-corrected chi connectivity index (χ2v) is 4.65. The fraction of sp³-hybridized carbons (Fsp3) is 0.636. The Labute approximate surface area is 97.3 Å². The third kappa shape index (κ3) is 2.94. The highest BCUT2D eigenvalue weighted by Gasteiger charge is 2.39. The molecule has 1 fully saturated rings. The van der Waals surface area contributed by atoms with Crippen LogP contribution in [0.5, 0.6) is 0 Å². The van der Waals surface area contributed by atoms with E-state index in [0.29, 0.717) is 6.42 Å². The lowest BCUT2D eigenvalue weighted by Crippen LogP contribution is -2.23.